The summed E-state index contributed by atoms with van der Waals surface area (Å²) in [5, 5.41) is 2.61. The highest BCUT2D eigenvalue weighted by atomic mass is 32.2. The van der Waals surface area contributed by atoms with Gasteiger partial charge >= 0.3 is 6.18 Å². The molecule has 1 saturated heterocycles. The Morgan fingerprint density at radius 2 is 2.00 bits per heavy atom. The number of alkyl halides is 3. The molecule has 1 N–H and O–H groups in total. The number of nitrogens with one attached hydrogen (secondary N) is 1. The van der Waals surface area contributed by atoms with Gasteiger partial charge in [0, 0.05) is 17.7 Å². The molecule has 0 aliphatic carbocycles. The van der Waals surface area contributed by atoms with E-state index in [4.69, 9.17) is 0 Å². The normalized spacial score (nSPS) is 20.4. The zero-order valence-electron chi connectivity index (χ0n) is 11.7. The quantitative estimate of drug-likeness (QED) is 0.861. The van der Waals surface area contributed by atoms with Crippen molar-refractivity contribution in [3.05, 3.63) is 0 Å². The monoisotopic (exact) mass is 312 g/mol. The molecule has 116 valence electrons. The van der Waals surface area contributed by atoms with Crippen LogP contribution in [0.2, 0.25) is 0 Å². The van der Waals surface area contributed by atoms with Crippen LogP contribution in [0, 0.1) is 0 Å². The van der Waals surface area contributed by atoms with Crippen molar-refractivity contribution in [1.29, 1.82) is 0 Å². The molecular weight excluding hydrogens is 293 g/mol. The second-order valence-corrected chi connectivity index (χ2v) is 7.56. The summed E-state index contributed by atoms with van der Waals surface area (Å²) in [6.45, 7) is 4.57. The molecule has 0 spiro atoms. The standard InChI is InChI=1S/C12H19F3N2O2S/c1-11(2,3)20-6-9(18)16-8-4-10(19)17(5-8)7-12(13,14)15/h8H,4-7H2,1-3H3,(H,16,18)/t8-/m1/s1. The van der Waals surface area contributed by atoms with E-state index in [0.717, 1.165) is 4.90 Å². The molecule has 2 amide bonds. The summed E-state index contributed by atoms with van der Waals surface area (Å²) in [5.41, 5.74) is 0. The van der Waals surface area contributed by atoms with Crippen LogP contribution in [0.3, 0.4) is 0 Å². The van der Waals surface area contributed by atoms with Gasteiger partial charge < -0.3 is 10.2 Å². The second kappa shape index (κ2) is 6.24. The summed E-state index contributed by atoms with van der Waals surface area (Å²) in [7, 11) is 0. The highest BCUT2D eigenvalue weighted by molar-refractivity contribution is 8.01. The predicted molar refractivity (Wildman–Crippen MR) is 71.4 cm³/mol. The third-order valence-electron chi connectivity index (χ3n) is 2.59. The maximum absolute atomic E-state index is 12.2. The van der Waals surface area contributed by atoms with Crippen molar-refractivity contribution >= 4 is 23.6 Å². The molecule has 0 aromatic rings. The molecule has 0 radical (unpaired) electrons. The van der Waals surface area contributed by atoms with Gasteiger partial charge in [-0.3, -0.25) is 9.59 Å². The number of carbonyl (C=O) groups excluding carboxylic acids is 2. The van der Waals surface area contributed by atoms with Gasteiger partial charge in [0.15, 0.2) is 0 Å². The highest BCUT2D eigenvalue weighted by Gasteiger charge is 2.38. The van der Waals surface area contributed by atoms with E-state index in [1.165, 1.54) is 11.8 Å². The lowest BCUT2D eigenvalue weighted by molar-refractivity contribution is -0.157. The average Bonchev–Trinajstić information content (AvgIpc) is 2.52. The van der Waals surface area contributed by atoms with Crippen LogP contribution in [0.1, 0.15) is 27.2 Å². The first kappa shape index (κ1) is 17.1. The minimum absolute atomic E-state index is 0.0643. The Labute approximate surface area is 120 Å². The van der Waals surface area contributed by atoms with E-state index in [0.29, 0.717) is 0 Å². The van der Waals surface area contributed by atoms with Crippen LogP contribution in [-0.4, -0.2) is 52.5 Å². The number of hydrogen-bond donors (Lipinski definition) is 1. The molecule has 8 heteroatoms. The molecule has 0 bridgehead atoms. The van der Waals surface area contributed by atoms with Crippen molar-refractivity contribution in [1.82, 2.24) is 10.2 Å². The maximum atomic E-state index is 12.2. The molecule has 4 nitrogen and oxygen atoms in total. The number of halogens is 3. The minimum atomic E-state index is -4.41. The maximum Gasteiger partial charge on any atom is 0.406 e. The fraction of sp³-hybridized carbons (Fsp3) is 0.833. The van der Waals surface area contributed by atoms with Crippen LogP contribution in [0.5, 0.6) is 0 Å². The van der Waals surface area contributed by atoms with Crippen molar-refractivity contribution in [2.45, 2.75) is 44.2 Å². The first-order valence-corrected chi connectivity index (χ1v) is 7.23. The summed E-state index contributed by atoms with van der Waals surface area (Å²) in [6, 6.07) is -0.530. The van der Waals surface area contributed by atoms with Gasteiger partial charge in [-0.1, -0.05) is 20.8 Å². The van der Waals surface area contributed by atoms with Crippen molar-refractivity contribution in [2.24, 2.45) is 0 Å². The lowest BCUT2D eigenvalue weighted by Crippen LogP contribution is -2.40. The Hall–Kier alpha value is -0.920. The smallest absolute Gasteiger partial charge is 0.350 e. The molecule has 1 rings (SSSR count). The highest BCUT2D eigenvalue weighted by Crippen LogP contribution is 2.23. The SMILES string of the molecule is CC(C)(C)SCC(=O)N[C@@H]1CC(=O)N(CC(F)(F)F)C1. The van der Waals surface area contributed by atoms with Gasteiger partial charge in [0.2, 0.25) is 11.8 Å². The van der Waals surface area contributed by atoms with Crippen LogP contribution >= 0.6 is 11.8 Å². The Morgan fingerprint density at radius 1 is 1.40 bits per heavy atom. The van der Waals surface area contributed by atoms with Crippen molar-refractivity contribution in [3.63, 3.8) is 0 Å². The first-order valence-electron chi connectivity index (χ1n) is 6.24. The van der Waals surface area contributed by atoms with E-state index >= 15 is 0 Å². The van der Waals surface area contributed by atoms with Gasteiger partial charge in [0.05, 0.1) is 11.8 Å². The summed E-state index contributed by atoms with van der Waals surface area (Å²) >= 11 is 1.45. The average molecular weight is 312 g/mol. The van der Waals surface area contributed by atoms with Crippen LogP contribution in [0.15, 0.2) is 0 Å². The fourth-order valence-corrected chi connectivity index (χ4v) is 2.44. The fourth-order valence-electron chi connectivity index (χ4n) is 1.79. The number of nitrogens with zero attached hydrogens (tertiary/aromatic N) is 1. The Bertz CT molecular complexity index is 380. The molecule has 1 aliphatic heterocycles. The van der Waals surface area contributed by atoms with E-state index < -0.39 is 24.7 Å². The molecule has 1 aliphatic rings. The van der Waals surface area contributed by atoms with Gasteiger partial charge in [-0.05, 0) is 0 Å². The molecule has 1 heterocycles. The minimum Gasteiger partial charge on any atom is -0.350 e. The number of rotatable bonds is 4. The molecule has 1 fully saturated rings. The zero-order valence-corrected chi connectivity index (χ0v) is 12.5. The zero-order chi connectivity index (χ0) is 15.6. The number of amides is 2. The second-order valence-electron chi connectivity index (χ2n) is 5.76. The number of thioether (sulfide) groups is 1. The van der Waals surface area contributed by atoms with Gasteiger partial charge in [-0.25, -0.2) is 0 Å². The molecule has 0 unspecified atom stereocenters. The number of carbonyl (C=O) groups is 2. The molecular formula is C12H19F3N2O2S. The largest absolute Gasteiger partial charge is 0.406 e. The first-order chi connectivity index (χ1) is 8.96. The van der Waals surface area contributed by atoms with Crippen LogP contribution in [0.4, 0.5) is 13.2 Å². The van der Waals surface area contributed by atoms with Gasteiger partial charge in [-0.2, -0.15) is 13.2 Å². The Balaban J connectivity index is 2.40. The number of hydrogen-bond acceptors (Lipinski definition) is 3. The van der Waals surface area contributed by atoms with Gasteiger partial charge in [0.25, 0.3) is 0 Å². The van der Waals surface area contributed by atoms with E-state index in [1.54, 1.807) is 0 Å². The van der Waals surface area contributed by atoms with Crippen molar-refractivity contribution in [3.8, 4) is 0 Å². The Kier molecular flexibility index (Phi) is 5.34. The van der Waals surface area contributed by atoms with E-state index in [-0.39, 0.29) is 29.4 Å². The molecule has 0 saturated carbocycles. The van der Waals surface area contributed by atoms with Crippen molar-refractivity contribution < 1.29 is 22.8 Å². The van der Waals surface area contributed by atoms with Crippen LogP contribution < -0.4 is 5.32 Å². The van der Waals surface area contributed by atoms with E-state index in [9.17, 15) is 22.8 Å². The van der Waals surface area contributed by atoms with E-state index in [1.807, 2.05) is 20.8 Å². The van der Waals surface area contributed by atoms with Gasteiger partial charge in [-0.15, -0.1) is 11.8 Å². The predicted octanol–water partition coefficient (Wildman–Crippen LogP) is 1.80. The van der Waals surface area contributed by atoms with Crippen LogP contribution in [0.25, 0.3) is 0 Å². The summed E-state index contributed by atoms with van der Waals surface area (Å²) in [4.78, 5) is 23.8. The summed E-state index contributed by atoms with van der Waals surface area (Å²) < 4.78 is 36.6. The summed E-state index contributed by atoms with van der Waals surface area (Å²) in [6.07, 6.45) is -4.47. The topological polar surface area (TPSA) is 49.4 Å². The van der Waals surface area contributed by atoms with Crippen LogP contribution in [-0.2, 0) is 9.59 Å². The van der Waals surface area contributed by atoms with Gasteiger partial charge in [0.1, 0.15) is 6.54 Å². The molecule has 0 aromatic carbocycles. The lowest BCUT2D eigenvalue weighted by atomic mass is 10.2. The summed E-state index contributed by atoms with van der Waals surface area (Å²) in [5.74, 6) is -0.597. The Morgan fingerprint density at radius 3 is 2.50 bits per heavy atom. The third kappa shape index (κ3) is 6.49. The molecule has 20 heavy (non-hydrogen) atoms. The van der Waals surface area contributed by atoms with Crippen molar-refractivity contribution in [2.75, 3.05) is 18.8 Å². The number of likely N-dealkylation sites (tertiary alicyclic amines) is 1. The lowest BCUT2D eigenvalue weighted by Gasteiger charge is -2.20. The van der Waals surface area contributed by atoms with E-state index in [2.05, 4.69) is 5.32 Å². The molecule has 0 aromatic heterocycles. The molecule has 1 atom stereocenters. The third-order valence-corrected chi connectivity index (χ3v) is 3.86.